The van der Waals surface area contributed by atoms with Crippen LogP contribution in [-0.2, 0) is 6.54 Å². The van der Waals surface area contributed by atoms with Crippen LogP contribution in [0.4, 0.5) is 5.69 Å². The zero-order chi connectivity index (χ0) is 13.8. The fourth-order valence-corrected chi connectivity index (χ4v) is 2.82. The molecule has 0 radical (unpaired) electrons. The third-order valence-corrected chi connectivity index (χ3v) is 3.93. The van der Waals surface area contributed by atoms with Crippen LogP contribution in [0.15, 0.2) is 30.6 Å². The summed E-state index contributed by atoms with van der Waals surface area (Å²) in [5, 5.41) is 20.9. The van der Waals surface area contributed by atoms with Gasteiger partial charge in [0.2, 0.25) is 0 Å². The molecule has 1 heterocycles. The van der Waals surface area contributed by atoms with Crippen molar-refractivity contribution in [1.29, 1.82) is 0 Å². The summed E-state index contributed by atoms with van der Waals surface area (Å²) in [7, 11) is 0. The molecule has 0 amide bonds. The fraction of sp³-hybridized carbons (Fsp3) is 0.467. The maximum Gasteiger partial charge on any atom is 0.152 e. The first-order valence-corrected chi connectivity index (χ1v) is 7.24. The molecule has 1 aliphatic carbocycles. The number of phenolic OH excluding ortho intramolecular Hbond substituents is 1. The van der Waals surface area contributed by atoms with Crippen molar-refractivity contribution < 1.29 is 5.11 Å². The van der Waals surface area contributed by atoms with Gasteiger partial charge in [-0.2, -0.15) is 0 Å². The Balaban J connectivity index is 1.65. The van der Waals surface area contributed by atoms with E-state index in [1.807, 2.05) is 18.5 Å². The highest BCUT2D eigenvalue weighted by atomic mass is 16.3. The van der Waals surface area contributed by atoms with Gasteiger partial charge in [0.25, 0.3) is 0 Å². The number of anilines is 1. The van der Waals surface area contributed by atoms with Crippen molar-refractivity contribution in [2.24, 2.45) is 0 Å². The largest absolute Gasteiger partial charge is 0.508 e. The van der Waals surface area contributed by atoms with E-state index >= 15 is 0 Å². The van der Waals surface area contributed by atoms with Gasteiger partial charge in [-0.15, -0.1) is 10.2 Å². The van der Waals surface area contributed by atoms with Gasteiger partial charge < -0.3 is 15.0 Å². The molecule has 1 aliphatic rings. The molecule has 2 aromatic rings. The topological polar surface area (TPSA) is 63.0 Å². The van der Waals surface area contributed by atoms with Gasteiger partial charge in [0.05, 0.1) is 6.54 Å². The predicted octanol–water partition coefficient (Wildman–Crippen LogP) is 3.10. The standard InChI is InChI=1S/C15H20N4O/c20-14-8-6-12(7-9-14)16-10-15-18-17-11-19(15)13-4-2-1-3-5-13/h6-9,11,13,16,20H,1-5,10H2. The zero-order valence-corrected chi connectivity index (χ0v) is 11.5. The van der Waals surface area contributed by atoms with E-state index < -0.39 is 0 Å². The second kappa shape index (κ2) is 5.94. The van der Waals surface area contributed by atoms with E-state index in [1.54, 1.807) is 12.1 Å². The molecule has 2 N–H and O–H groups in total. The fourth-order valence-electron chi connectivity index (χ4n) is 2.82. The van der Waals surface area contributed by atoms with E-state index in [0.717, 1.165) is 11.5 Å². The van der Waals surface area contributed by atoms with Gasteiger partial charge in [0.1, 0.15) is 12.1 Å². The summed E-state index contributed by atoms with van der Waals surface area (Å²) in [6.07, 6.45) is 8.25. The third kappa shape index (κ3) is 2.92. The maximum atomic E-state index is 9.27. The van der Waals surface area contributed by atoms with Gasteiger partial charge in [-0.3, -0.25) is 0 Å². The Morgan fingerprint density at radius 3 is 2.65 bits per heavy atom. The summed E-state index contributed by atoms with van der Waals surface area (Å²) in [5.74, 6) is 1.26. The summed E-state index contributed by atoms with van der Waals surface area (Å²) in [4.78, 5) is 0. The molecular formula is C15H20N4O. The third-order valence-electron chi connectivity index (χ3n) is 3.93. The maximum absolute atomic E-state index is 9.27. The molecule has 0 aliphatic heterocycles. The van der Waals surface area contributed by atoms with E-state index in [0.29, 0.717) is 12.6 Å². The van der Waals surface area contributed by atoms with Crippen LogP contribution in [0.1, 0.15) is 44.0 Å². The molecule has 0 atom stereocenters. The van der Waals surface area contributed by atoms with Crippen molar-refractivity contribution >= 4 is 5.69 Å². The van der Waals surface area contributed by atoms with E-state index in [4.69, 9.17) is 0 Å². The lowest BCUT2D eigenvalue weighted by Gasteiger charge is -2.24. The Kier molecular flexibility index (Phi) is 3.85. The molecule has 0 bridgehead atoms. The Bertz CT molecular complexity index is 543. The van der Waals surface area contributed by atoms with Gasteiger partial charge in [0, 0.05) is 11.7 Å². The average Bonchev–Trinajstić information content (AvgIpc) is 2.96. The van der Waals surface area contributed by atoms with Crippen LogP contribution in [0.2, 0.25) is 0 Å². The molecule has 1 saturated carbocycles. The number of nitrogens with zero attached hydrogens (tertiary/aromatic N) is 3. The second-order valence-electron chi connectivity index (χ2n) is 5.35. The van der Waals surface area contributed by atoms with Gasteiger partial charge in [-0.1, -0.05) is 19.3 Å². The van der Waals surface area contributed by atoms with Crippen LogP contribution in [-0.4, -0.2) is 19.9 Å². The molecule has 106 valence electrons. The highest BCUT2D eigenvalue weighted by Gasteiger charge is 2.18. The molecular weight excluding hydrogens is 252 g/mol. The van der Waals surface area contributed by atoms with Gasteiger partial charge in [-0.25, -0.2) is 0 Å². The van der Waals surface area contributed by atoms with Gasteiger partial charge in [-0.05, 0) is 37.1 Å². The smallest absolute Gasteiger partial charge is 0.152 e. The lowest BCUT2D eigenvalue weighted by molar-refractivity contribution is 0.346. The highest BCUT2D eigenvalue weighted by Crippen LogP contribution is 2.28. The first-order valence-electron chi connectivity index (χ1n) is 7.24. The summed E-state index contributed by atoms with van der Waals surface area (Å²) in [6.45, 7) is 0.654. The number of hydrogen-bond acceptors (Lipinski definition) is 4. The van der Waals surface area contributed by atoms with Crippen LogP contribution in [0.5, 0.6) is 5.75 Å². The Morgan fingerprint density at radius 2 is 1.90 bits per heavy atom. The first-order chi connectivity index (χ1) is 9.83. The van der Waals surface area contributed by atoms with Crippen molar-refractivity contribution in [3.8, 4) is 5.75 Å². The summed E-state index contributed by atoms with van der Waals surface area (Å²) < 4.78 is 2.21. The van der Waals surface area contributed by atoms with E-state index in [1.165, 1.54) is 32.1 Å². The lowest BCUT2D eigenvalue weighted by atomic mass is 9.95. The van der Waals surface area contributed by atoms with Crippen LogP contribution < -0.4 is 5.32 Å². The van der Waals surface area contributed by atoms with E-state index in [9.17, 15) is 5.11 Å². The Hall–Kier alpha value is -2.04. The number of nitrogens with one attached hydrogen (secondary N) is 1. The van der Waals surface area contributed by atoms with Crippen molar-refractivity contribution in [2.75, 3.05) is 5.32 Å². The van der Waals surface area contributed by atoms with Crippen molar-refractivity contribution in [1.82, 2.24) is 14.8 Å². The van der Waals surface area contributed by atoms with Gasteiger partial charge in [0.15, 0.2) is 5.82 Å². The van der Waals surface area contributed by atoms with Crippen LogP contribution >= 0.6 is 0 Å². The first kappa shape index (κ1) is 13.0. The molecule has 0 unspecified atom stereocenters. The number of phenols is 1. The Morgan fingerprint density at radius 1 is 1.15 bits per heavy atom. The number of aromatic hydroxyl groups is 1. The number of benzene rings is 1. The summed E-state index contributed by atoms with van der Waals surface area (Å²) in [6, 6.07) is 7.62. The second-order valence-corrected chi connectivity index (χ2v) is 5.35. The Labute approximate surface area is 118 Å². The molecule has 1 aromatic heterocycles. The predicted molar refractivity (Wildman–Crippen MR) is 77.6 cm³/mol. The minimum atomic E-state index is 0.279. The zero-order valence-electron chi connectivity index (χ0n) is 11.5. The molecule has 5 nitrogen and oxygen atoms in total. The molecule has 5 heteroatoms. The van der Waals surface area contributed by atoms with E-state index in [2.05, 4.69) is 20.1 Å². The SMILES string of the molecule is Oc1ccc(NCc2nncn2C2CCCCC2)cc1. The van der Waals surface area contributed by atoms with Crippen LogP contribution in [0.25, 0.3) is 0 Å². The van der Waals surface area contributed by atoms with Crippen molar-refractivity contribution in [2.45, 2.75) is 44.7 Å². The van der Waals surface area contributed by atoms with Crippen LogP contribution in [0, 0.1) is 0 Å². The molecule has 20 heavy (non-hydrogen) atoms. The molecule has 3 rings (SSSR count). The molecule has 1 aromatic carbocycles. The monoisotopic (exact) mass is 272 g/mol. The number of aromatic nitrogens is 3. The van der Waals surface area contributed by atoms with E-state index in [-0.39, 0.29) is 5.75 Å². The minimum Gasteiger partial charge on any atom is -0.508 e. The molecule has 0 spiro atoms. The summed E-state index contributed by atoms with van der Waals surface area (Å²) >= 11 is 0. The van der Waals surface area contributed by atoms with Crippen LogP contribution in [0.3, 0.4) is 0 Å². The average molecular weight is 272 g/mol. The van der Waals surface area contributed by atoms with Crippen molar-refractivity contribution in [3.63, 3.8) is 0 Å². The minimum absolute atomic E-state index is 0.279. The number of rotatable bonds is 4. The lowest BCUT2D eigenvalue weighted by Crippen LogP contribution is -2.16. The number of hydrogen-bond donors (Lipinski definition) is 2. The normalized spacial score (nSPS) is 16.2. The molecule has 0 saturated heterocycles. The van der Waals surface area contributed by atoms with Gasteiger partial charge >= 0.3 is 0 Å². The quantitative estimate of drug-likeness (QED) is 0.839. The highest BCUT2D eigenvalue weighted by molar-refractivity contribution is 5.45. The summed E-state index contributed by atoms with van der Waals surface area (Å²) in [5.41, 5.74) is 0.973. The molecule has 1 fully saturated rings. The van der Waals surface area contributed by atoms with Crippen molar-refractivity contribution in [3.05, 3.63) is 36.4 Å².